The Bertz CT molecular complexity index is 1520. The predicted molar refractivity (Wildman–Crippen MR) is 109 cm³/mol. The first kappa shape index (κ1) is 57.3. The van der Waals surface area contributed by atoms with E-state index in [9.17, 15) is 167 Å². The molecule has 0 amide bonds. The van der Waals surface area contributed by atoms with Crippen molar-refractivity contribution in [1.82, 2.24) is 0 Å². The summed E-state index contributed by atoms with van der Waals surface area (Å²) >= 11 is 0. The van der Waals surface area contributed by atoms with Crippen LogP contribution in [0.3, 0.4) is 0 Å². The Morgan fingerprint density at radius 2 is 0.367 bits per heavy atom. The molecule has 0 aromatic rings. The first-order valence-corrected chi connectivity index (χ1v) is 13.2. The molecule has 0 fully saturated rings. The highest BCUT2D eigenvalue weighted by Gasteiger charge is 3.00. The van der Waals surface area contributed by atoms with Crippen LogP contribution >= 0.6 is 0 Å². The zero-order chi connectivity index (χ0) is 50.0. The van der Waals surface area contributed by atoms with Crippen LogP contribution in [0.5, 0.6) is 0 Å². The van der Waals surface area contributed by atoms with Crippen molar-refractivity contribution in [2.75, 3.05) is 0 Å². The van der Waals surface area contributed by atoms with E-state index < -0.39 is 126 Å². The number of alkyl halides is 38. The van der Waals surface area contributed by atoms with Gasteiger partial charge in [0.2, 0.25) is 0 Å². The van der Waals surface area contributed by atoms with Crippen LogP contribution in [0.4, 0.5) is 167 Å². The second-order valence-corrected chi connectivity index (χ2v) is 11.4. The fourth-order valence-electron chi connectivity index (χ4n) is 3.90. The van der Waals surface area contributed by atoms with Crippen molar-refractivity contribution in [1.29, 1.82) is 0 Å². The topological polar surface area (TPSA) is 0 Å². The molecule has 1 radical (unpaired) electrons. The Morgan fingerprint density at radius 1 is 0.233 bits per heavy atom. The lowest BCUT2D eigenvalue weighted by molar-refractivity contribution is -0.480. The van der Waals surface area contributed by atoms with E-state index in [1.807, 2.05) is 0 Å². The minimum absolute atomic E-state index is 0.365. The molecule has 60 heavy (non-hydrogen) atoms. The van der Waals surface area contributed by atoms with Crippen LogP contribution in [-0.4, -0.2) is 107 Å². The Hall–Kier alpha value is -2.66. The molecule has 0 nitrogen and oxygen atoms in total. The molecule has 1 unspecified atom stereocenters. The van der Waals surface area contributed by atoms with Gasteiger partial charge in [-0.2, -0.15) is 167 Å². The van der Waals surface area contributed by atoms with Crippen LogP contribution < -0.4 is 0 Å². The predicted octanol–water partition coefficient (Wildman–Crippen LogP) is 13.5. The molecule has 0 aliphatic carbocycles. The van der Waals surface area contributed by atoms with Crippen LogP contribution in [-0.2, 0) is 0 Å². The molecule has 0 bridgehead atoms. The quantitative estimate of drug-likeness (QED) is 0.120. The molecule has 0 N–H and O–H groups in total. The minimum atomic E-state index is -10.1. The maximum absolute atomic E-state index is 14.6. The summed E-state index contributed by atoms with van der Waals surface area (Å²) in [5.74, 6) is -160. The van der Waals surface area contributed by atoms with Gasteiger partial charge in [0.15, 0.2) is 0 Å². The van der Waals surface area contributed by atoms with Gasteiger partial charge in [0.05, 0.1) is 0 Å². The Kier molecular flexibility index (Phi) is 13.5. The third-order valence-corrected chi connectivity index (χ3v) is 7.53. The zero-order valence-electron chi connectivity index (χ0n) is 26.2. The van der Waals surface area contributed by atoms with Crippen LogP contribution in [0.15, 0.2) is 0 Å². The SMILES string of the molecule is CC[CH]C(C(F)(F)C(F)(F)C(F)(F)C(F)(F)C(F)(F)C(F)(F)C(F)(F)C(F)(F)F)C(F)(F)C(F)(F)C(F)(F)C(F)(F)C(F)(F)C(F)(F)C(F)(F)C(F)(F)C(F)(F)C(F)(F)F. The molecular formula is C22H7F38. The molecule has 0 saturated carbocycles. The fourth-order valence-corrected chi connectivity index (χ4v) is 3.90. The smallest absolute Gasteiger partial charge is 0.199 e. The van der Waals surface area contributed by atoms with E-state index in [0.717, 1.165) is 0 Å². The Labute approximate surface area is 301 Å². The maximum atomic E-state index is 14.6. The second kappa shape index (κ2) is 14.2. The summed E-state index contributed by atoms with van der Waals surface area (Å²) in [6.07, 6.45) is -21.5. The van der Waals surface area contributed by atoms with Gasteiger partial charge in [0.25, 0.3) is 0 Å². The van der Waals surface area contributed by atoms with Crippen molar-refractivity contribution in [2.45, 2.75) is 120 Å². The van der Waals surface area contributed by atoms with Gasteiger partial charge in [0.1, 0.15) is 5.92 Å². The summed E-state index contributed by atoms with van der Waals surface area (Å²) in [4.78, 5) is 0. The molecule has 0 spiro atoms. The van der Waals surface area contributed by atoms with Crippen molar-refractivity contribution in [3.63, 3.8) is 0 Å². The summed E-state index contributed by atoms with van der Waals surface area (Å²) in [7, 11) is 0. The first-order chi connectivity index (χ1) is 25.2. The molecule has 38 heteroatoms. The van der Waals surface area contributed by atoms with Gasteiger partial charge < -0.3 is 0 Å². The molecule has 0 aromatic heterocycles. The van der Waals surface area contributed by atoms with Gasteiger partial charge in [-0.15, -0.1) is 0 Å². The van der Waals surface area contributed by atoms with E-state index in [1.165, 1.54) is 0 Å². The van der Waals surface area contributed by atoms with E-state index >= 15 is 0 Å². The summed E-state index contributed by atoms with van der Waals surface area (Å²) in [6, 6.07) is 0. The van der Waals surface area contributed by atoms with Crippen molar-refractivity contribution in [2.24, 2.45) is 5.92 Å². The molecule has 0 aromatic carbocycles. The molecule has 0 saturated heterocycles. The van der Waals surface area contributed by atoms with E-state index in [0.29, 0.717) is 0 Å². The lowest BCUT2D eigenvalue weighted by Gasteiger charge is -2.47. The molecule has 0 rings (SSSR count). The number of rotatable bonds is 18. The minimum Gasteiger partial charge on any atom is -0.199 e. The first-order valence-electron chi connectivity index (χ1n) is 13.2. The normalized spacial score (nSPS) is 17.6. The van der Waals surface area contributed by atoms with Gasteiger partial charge in [-0.05, 0) is 6.42 Å². The highest BCUT2D eigenvalue weighted by molar-refractivity contribution is 5.22. The lowest BCUT2D eigenvalue weighted by Crippen LogP contribution is -2.78. The lowest BCUT2D eigenvalue weighted by atomic mass is 9.77. The van der Waals surface area contributed by atoms with Gasteiger partial charge in [-0.1, -0.05) is 13.3 Å². The van der Waals surface area contributed by atoms with Crippen molar-refractivity contribution >= 4 is 0 Å². The second-order valence-electron chi connectivity index (χ2n) is 11.4. The molecule has 361 valence electrons. The van der Waals surface area contributed by atoms with Crippen LogP contribution in [0.1, 0.15) is 13.3 Å². The average Bonchev–Trinajstić information content (AvgIpc) is 3.00. The average molecular weight is 993 g/mol. The van der Waals surface area contributed by atoms with Crippen LogP contribution in [0.25, 0.3) is 0 Å². The van der Waals surface area contributed by atoms with E-state index in [1.54, 1.807) is 0 Å². The van der Waals surface area contributed by atoms with Crippen LogP contribution in [0, 0.1) is 12.3 Å². The summed E-state index contributed by atoms with van der Waals surface area (Å²) in [6.45, 7) is -0.365. The summed E-state index contributed by atoms with van der Waals surface area (Å²) in [5, 5.41) is 0. The molecule has 1 atom stereocenters. The van der Waals surface area contributed by atoms with Crippen molar-refractivity contribution < 1.29 is 167 Å². The molecule has 0 heterocycles. The molecule has 0 aliphatic rings. The fraction of sp³-hybridized carbons (Fsp3) is 0.955. The Morgan fingerprint density at radius 3 is 0.500 bits per heavy atom. The zero-order valence-corrected chi connectivity index (χ0v) is 26.2. The monoisotopic (exact) mass is 993 g/mol. The van der Waals surface area contributed by atoms with Gasteiger partial charge in [0, 0.05) is 0 Å². The third-order valence-electron chi connectivity index (χ3n) is 7.53. The highest BCUT2D eigenvalue weighted by Crippen LogP contribution is 2.70. The number of hydrogen-bond donors (Lipinski definition) is 0. The summed E-state index contributed by atoms with van der Waals surface area (Å²) < 4.78 is 516. The van der Waals surface area contributed by atoms with Gasteiger partial charge in [-0.3, -0.25) is 0 Å². The summed E-state index contributed by atoms with van der Waals surface area (Å²) in [5.41, 5.74) is 0. The highest BCUT2D eigenvalue weighted by atomic mass is 19.4. The largest absolute Gasteiger partial charge is 0.460 e. The maximum Gasteiger partial charge on any atom is 0.460 e. The number of hydrogen-bond acceptors (Lipinski definition) is 0. The van der Waals surface area contributed by atoms with Crippen molar-refractivity contribution in [3.05, 3.63) is 6.42 Å². The van der Waals surface area contributed by atoms with Crippen molar-refractivity contribution in [3.8, 4) is 0 Å². The molecular weight excluding hydrogens is 986 g/mol. The van der Waals surface area contributed by atoms with E-state index in [2.05, 4.69) is 0 Å². The van der Waals surface area contributed by atoms with E-state index in [-0.39, 0.29) is 6.92 Å². The van der Waals surface area contributed by atoms with Gasteiger partial charge in [-0.25, -0.2) is 0 Å². The third kappa shape index (κ3) is 6.69. The van der Waals surface area contributed by atoms with Crippen LogP contribution in [0.2, 0.25) is 0 Å². The number of halogens is 38. The van der Waals surface area contributed by atoms with E-state index in [4.69, 9.17) is 0 Å². The van der Waals surface area contributed by atoms with Gasteiger partial charge >= 0.3 is 107 Å². The standard InChI is InChI=1S/C22H7F38/c1-2-3-4(6(25,26)8(29,30)10(33,34)12(37,38)15(43,44)17(47,48)19(51,52)21(55,56)57)5(23,24)7(27,28)9(31,32)11(35,36)13(39,40)14(41,42)16(45,46)18(49,50)20(53,54)22(58,59)60/h3-4H,2H2,1H3. The molecule has 0 aliphatic heterocycles. The Balaban J connectivity index is 8.00.